The van der Waals surface area contributed by atoms with E-state index in [9.17, 15) is 13.2 Å². The molecule has 2 aromatic rings. The van der Waals surface area contributed by atoms with Gasteiger partial charge in [-0.3, -0.25) is 4.79 Å². The number of nitrogens with one attached hydrogen (secondary N) is 3. The minimum absolute atomic E-state index is 0.215. The summed E-state index contributed by atoms with van der Waals surface area (Å²) in [6, 6.07) is 11.7. The number of halogens is 1. The Kier molecular flexibility index (Phi) is 13.8. The van der Waals surface area contributed by atoms with Gasteiger partial charge in [0, 0.05) is 49.9 Å². The lowest BCUT2D eigenvalue weighted by Crippen LogP contribution is -2.57. The van der Waals surface area contributed by atoms with Gasteiger partial charge in [0.2, 0.25) is 10.0 Å². The van der Waals surface area contributed by atoms with Crippen LogP contribution in [-0.4, -0.2) is 84.3 Å². The standard InChI is InChI=1S/C41H59ClN4O6S/c1-29-9-8-18-41(52-22-21-50-3,28-43-25-36-11-4-6-19-44-36)37-16-13-33(37)26-46-20-7-5-10-31-23-35(42)15-12-34(31)27-51-39-17-14-32(24-38(39)46)40(47)45-53(48,49)30(29)2/h8,12,14-15,17-18,23-24,29-30,33,36-37,43-44H,4-7,9-11,13,16,19-22,25-28H2,1-3H3,(H,45,47)/b18-8+/t29-,30+,33-,36+,37+,41+/m0/s1. The molecule has 6 rings (SSSR count). The molecular formula is C41H59ClN4O6S. The number of hydrogen-bond acceptors (Lipinski definition) is 9. The summed E-state index contributed by atoms with van der Waals surface area (Å²) in [5, 5.41) is 7.39. The second kappa shape index (κ2) is 18.3. The zero-order valence-electron chi connectivity index (χ0n) is 31.7. The van der Waals surface area contributed by atoms with Crippen LogP contribution in [0.5, 0.6) is 5.75 Å². The van der Waals surface area contributed by atoms with Crippen LogP contribution in [0.3, 0.4) is 0 Å². The Morgan fingerprint density at radius 1 is 1.04 bits per heavy atom. The molecule has 0 aromatic heterocycles. The predicted octanol–water partition coefficient (Wildman–Crippen LogP) is 6.27. The number of anilines is 1. The Balaban J connectivity index is 1.38. The molecule has 3 heterocycles. The highest BCUT2D eigenvalue weighted by Gasteiger charge is 2.48. The Labute approximate surface area is 321 Å². The number of fused-ring (bicyclic) bond motifs is 3. The first-order chi connectivity index (χ1) is 25.6. The fraction of sp³-hybridized carbons (Fsp3) is 0.634. The van der Waals surface area contributed by atoms with E-state index in [4.69, 9.17) is 25.8 Å². The van der Waals surface area contributed by atoms with E-state index in [0.717, 1.165) is 76.0 Å². The normalized spacial score (nSPS) is 30.0. The van der Waals surface area contributed by atoms with E-state index >= 15 is 0 Å². The Morgan fingerprint density at radius 2 is 1.91 bits per heavy atom. The number of carbonyl (C=O) groups is 1. The lowest BCUT2D eigenvalue weighted by atomic mass is 9.64. The maximum absolute atomic E-state index is 13.6. The number of piperidine rings is 1. The van der Waals surface area contributed by atoms with Crippen molar-refractivity contribution in [3.63, 3.8) is 0 Å². The van der Waals surface area contributed by atoms with Gasteiger partial charge in [0.05, 0.1) is 24.2 Å². The minimum atomic E-state index is -3.97. The number of allylic oxidation sites excluding steroid dienone is 1. The quantitative estimate of drug-likeness (QED) is 0.211. The number of aryl methyl sites for hydroxylation is 1. The van der Waals surface area contributed by atoms with Crippen LogP contribution in [0.15, 0.2) is 48.6 Å². The van der Waals surface area contributed by atoms with E-state index in [-0.39, 0.29) is 17.4 Å². The highest BCUT2D eigenvalue weighted by Crippen LogP contribution is 2.46. The lowest BCUT2D eigenvalue weighted by Gasteiger charge is -2.50. The third kappa shape index (κ3) is 9.96. The van der Waals surface area contributed by atoms with E-state index in [2.05, 4.69) is 32.4 Å². The SMILES string of the molecule is COCCO[C@@]1(CNC[C@H]2CCCCN2)/C=C/C[C@H](C)[C@@H](C)S(=O)(=O)NC(=O)c2ccc3c(c2)N(CCCCc2cc(Cl)ccc2CO3)C[C@@H]2CC[C@H]21. The molecule has 3 aliphatic heterocycles. The molecule has 292 valence electrons. The molecular weight excluding hydrogens is 712 g/mol. The van der Waals surface area contributed by atoms with Crippen LogP contribution in [0.25, 0.3) is 0 Å². The molecule has 1 saturated carbocycles. The third-order valence-corrected chi connectivity index (χ3v) is 14.2. The van der Waals surface area contributed by atoms with Crippen LogP contribution >= 0.6 is 11.6 Å². The van der Waals surface area contributed by atoms with Crippen LogP contribution in [0.1, 0.15) is 86.7 Å². The smallest absolute Gasteiger partial charge is 0.264 e. The predicted molar refractivity (Wildman–Crippen MR) is 211 cm³/mol. The number of ether oxygens (including phenoxy) is 3. The molecule has 12 heteroatoms. The summed E-state index contributed by atoms with van der Waals surface area (Å²) in [7, 11) is -2.28. The average molecular weight is 771 g/mol. The van der Waals surface area contributed by atoms with Crippen molar-refractivity contribution in [3.05, 3.63) is 70.3 Å². The molecule has 0 unspecified atom stereocenters. The van der Waals surface area contributed by atoms with Crippen molar-refractivity contribution in [2.45, 2.75) is 95.1 Å². The summed E-state index contributed by atoms with van der Waals surface area (Å²) in [6.07, 6.45) is 13.3. The van der Waals surface area contributed by atoms with Crippen molar-refractivity contribution in [2.75, 3.05) is 57.9 Å². The summed E-state index contributed by atoms with van der Waals surface area (Å²) >= 11 is 6.41. The summed E-state index contributed by atoms with van der Waals surface area (Å²) < 4.78 is 48.6. The zero-order valence-corrected chi connectivity index (χ0v) is 33.3. The molecule has 4 aliphatic rings. The first-order valence-corrected chi connectivity index (χ1v) is 21.6. The fourth-order valence-electron chi connectivity index (χ4n) is 8.43. The topological polar surface area (TPSA) is 118 Å². The number of amides is 1. The zero-order chi connectivity index (χ0) is 37.4. The number of methoxy groups -OCH3 is 1. The van der Waals surface area contributed by atoms with Crippen LogP contribution in [0.4, 0.5) is 5.69 Å². The Hall–Kier alpha value is -2.67. The van der Waals surface area contributed by atoms with Crippen LogP contribution in [-0.2, 0) is 32.5 Å². The second-order valence-electron chi connectivity index (χ2n) is 15.6. The van der Waals surface area contributed by atoms with Crippen LogP contribution in [0, 0.1) is 17.8 Å². The first-order valence-electron chi connectivity index (χ1n) is 19.7. The summed E-state index contributed by atoms with van der Waals surface area (Å²) in [5.74, 6) is 0.316. The monoisotopic (exact) mass is 770 g/mol. The molecule has 2 bridgehead atoms. The number of rotatable bonds is 8. The van der Waals surface area contributed by atoms with Gasteiger partial charge in [-0.2, -0.15) is 0 Å². The van der Waals surface area contributed by atoms with E-state index in [1.54, 1.807) is 20.1 Å². The molecule has 1 saturated heterocycles. The Morgan fingerprint density at radius 3 is 2.68 bits per heavy atom. The number of carbonyl (C=O) groups excluding carboxylic acids is 1. The second-order valence-corrected chi connectivity index (χ2v) is 18.1. The summed E-state index contributed by atoms with van der Waals surface area (Å²) in [5.41, 5.74) is 2.74. The van der Waals surface area contributed by atoms with Crippen molar-refractivity contribution in [1.29, 1.82) is 0 Å². The lowest BCUT2D eigenvalue weighted by molar-refractivity contribution is -0.106. The number of nitrogens with zero attached hydrogens (tertiary/aromatic N) is 1. The van der Waals surface area contributed by atoms with Crippen molar-refractivity contribution in [3.8, 4) is 5.75 Å². The number of hydrogen-bond donors (Lipinski definition) is 3. The van der Waals surface area contributed by atoms with Gasteiger partial charge in [-0.15, -0.1) is 0 Å². The average Bonchev–Trinajstić information content (AvgIpc) is 3.16. The maximum atomic E-state index is 13.6. The maximum Gasteiger partial charge on any atom is 0.264 e. The van der Waals surface area contributed by atoms with Crippen molar-refractivity contribution >= 4 is 33.2 Å². The molecule has 53 heavy (non-hydrogen) atoms. The molecule has 2 aromatic carbocycles. The van der Waals surface area contributed by atoms with Gasteiger partial charge in [-0.25, -0.2) is 13.1 Å². The third-order valence-electron chi connectivity index (χ3n) is 12.0. The summed E-state index contributed by atoms with van der Waals surface area (Å²) in [4.78, 5) is 16.0. The number of sulfonamides is 1. The van der Waals surface area contributed by atoms with Gasteiger partial charge in [0.15, 0.2) is 0 Å². The van der Waals surface area contributed by atoms with Crippen molar-refractivity contribution in [2.24, 2.45) is 17.8 Å². The number of benzene rings is 2. The molecule has 1 amide bonds. The first kappa shape index (κ1) is 40.0. The van der Waals surface area contributed by atoms with Gasteiger partial charge in [-0.05, 0) is 124 Å². The molecule has 10 nitrogen and oxygen atoms in total. The highest BCUT2D eigenvalue weighted by atomic mass is 35.5. The minimum Gasteiger partial charge on any atom is -0.487 e. The van der Waals surface area contributed by atoms with Gasteiger partial charge in [0.1, 0.15) is 18.0 Å². The Bertz CT molecular complexity index is 1680. The largest absolute Gasteiger partial charge is 0.487 e. The van der Waals surface area contributed by atoms with Gasteiger partial charge in [-0.1, -0.05) is 43.2 Å². The van der Waals surface area contributed by atoms with Gasteiger partial charge >= 0.3 is 0 Å². The van der Waals surface area contributed by atoms with Crippen molar-refractivity contribution in [1.82, 2.24) is 15.4 Å². The summed E-state index contributed by atoms with van der Waals surface area (Å²) in [6.45, 7) is 8.97. The molecule has 1 aliphatic carbocycles. The van der Waals surface area contributed by atoms with Crippen LogP contribution in [0.2, 0.25) is 5.02 Å². The van der Waals surface area contributed by atoms with Gasteiger partial charge < -0.3 is 29.7 Å². The molecule has 6 atom stereocenters. The van der Waals surface area contributed by atoms with E-state index in [1.165, 1.54) is 18.4 Å². The highest BCUT2D eigenvalue weighted by molar-refractivity contribution is 7.90. The molecule has 0 radical (unpaired) electrons. The van der Waals surface area contributed by atoms with E-state index in [1.807, 2.05) is 37.3 Å². The van der Waals surface area contributed by atoms with E-state index in [0.29, 0.717) is 55.5 Å². The molecule has 3 N–H and O–H groups in total. The van der Waals surface area contributed by atoms with Gasteiger partial charge in [0.25, 0.3) is 5.91 Å². The molecule has 2 fully saturated rings. The van der Waals surface area contributed by atoms with Crippen molar-refractivity contribution < 1.29 is 27.4 Å². The van der Waals surface area contributed by atoms with Crippen LogP contribution < -0.4 is 25.0 Å². The fourth-order valence-corrected chi connectivity index (χ4v) is 9.91. The molecule has 0 spiro atoms. The van der Waals surface area contributed by atoms with E-state index < -0.39 is 26.8 Å².